The molecule has 28 heavy (non-hydrogen) atoms. The normalized spacial score (nSPS) is 27.2. The Morgan fingerprint density at radius 1 is 0.464 bits per heavy atom. The van der Waals surface area contributed by atoms with Crippen molar-refractivity contribution in [3.05, 3.63) is 0 Å². The summed E-state index contributed by atoms with van der Waals surface area (Å²) in [6, 6.07) is 0. The van der Waals surface area contributed by atoms with Gasteiger partial charge in [-0.1, -0.05) is 55.4 Å². The highest BCUT2D eigenvalue weighted by atomic mass is 31.3. The maximum atomic E-state index is 7.06. The van der Waals surface area contributed by atoms with E-state index in [1.807, 2.05) is 0 Å². The molecule has 0 amide bonds. The van der Waals surface area contributed by atoms with Gasteiger partial charge in [0.2, 0.25) is 22.5 Å². The molecule has 1 aliphatic rings. The maximum Gasteiger partial charge on any atom is 0.221 e. The molecule has 0 spiro atoms. The Hall–Kier alpha value is 0.450. The van der Waals surface area contributed by atoms with Crippen LogP contribution >= 0.6 is 22.5 Å². The molecule has 1 heterocycles. The van der Waals surface area contributed by atoms with Crippen LogP contribution in [0.5, 0.6) is 0 Å². The summed E-state index contributed by atoms with van der Waals surface area (Å²) in [5.41, 5.74) is 14.1. The van der Waals surface area contributed by atoms with Crippen LogP contribution in [-0.4, -0.2) is 71.0 Å². The Morgan fingerprint density at radius 3 is 1.04 bits per heavy atom. The Labute approximate surface area is 173 Å². The molecule has 1 aliphatic heterocycles. The van der Waals surface area contributed by atoms with Gasteiger partial charge < -0.3 is 0 Å². The second kappa shape index (κ2) is 11.2. The topological polar surface area (TPSA) is 102 Å². The fourth-order valence-electron chi connectivity index (χ4n) is 3.72. The van der Waals surface area contributed by atoms with Crippen molar-refractivity contribution in [2.75, 3.05) is 52.4 Å². The molecule has 2 atom stereocenters. The van der Waals surface area contributed by atoms with Gasteiger partial charge in [0.1, 0.15) is 0 Å². The van der Waals surface area contributed by atoms with Crippen LogP contribution in [0.1, 0.15) is 55.4 Å². The smallest absolute Gasteiger partial charge is 0.221 e. The molecule has 1 rings (SSSR count). The highest BCUT2D eigenvalue weighted by Gasteiger charge is 2.43. The van der Waals surface area contributed by atoms with Crippen LogP contribution in [0.4, 0.5) is 0 Å². The molecule has 0 saturated carbocycles. The second-order valence-electron chi connectivity index (χ2n) is 6.59. The van der Waals surface area contributed by atoms with Gasteiger partial charge in [0, 0.05) is 52.4 Å². The van der Waals surface area contributed by atoms with Crippen LogP contribution in [-0.2, 0) is 0 Å². The summed E-state index contributed by atoms with van der Waals surface area (Å²) in [4.78, 5) is 0. The highest BCUT2D eigenvalue weighted by Crippen LogP contribution is 2.77. The fourth-order valence-corrected chi connectivity index (χ4v) is 16.7. The third-order valence-corrected chi connectivity index (χ3v) is 16.9. The lowest BCUT2D eigenvalue weighted by Crippen LogP contribution is -2.35. The summed E-state index contributed by atoms with van der Waals surface area (Å²) < 4.78 is 25.1. The minimum atomic E-state index is -2.62. The van der Waals surface area contributed by atoms with Gasteiger partial charge in [-0.2, -0.15) is 13.5 Å². The molecular weight excluding hydrogens is 411 g/mol. The quantitative estimate of drug-likeness (QED) is 0.396. The molecule has 0 aromatic rings. The van der Waals surface area contributed by atoms with Crippen molar-refractivity contribution in [3.8, 4) is 0 Å². The molecule has 0 unspecified atom stereocenters. The van der Waals surface area contributed by atoms with Crippen LogP contribution in [0.25, 0.3) is 0 Å². The fraction of sp³-hybridized carbons (Fsp3) is 1.00. The minimum Gasteiger partial charge on any atom is -0.267 e. The summed E-state index contributed by atoms with van der Waals surface area (Å²) >= 11 is 0. The number of nitrogens with two attached hydrogens (primary N) is 2. The first-order valence-electron chi connectivity index (χ1n) is 10.7. The molecular formula is C16H44N9P3. The molecule has 0 aromatic carbocycles. The molecule has 12 heteroatoms. The van der Waals surface area contributed by atoms with Crippen molar-refractivity contribution in [1.82, 2.24) is 18.7 Å². The maximum absolute atomic E-state index is 7.06. The SMILES string of the molecule is CCN(CC)P1(N(CC)CC)=N[P@](N)(N(CC)CC)=N[P@](N)(N(CC)CC)=N1. The number of rotatable bonds is 12. The summed E-state index contributed by atoms with van der Waals surface area (Å²) in [5.74, 6) is 0. The molecule has 4 N–H and O–H groups in total. The van der Waals surface area contributed by atoms with Crippen molar-refractivity contribution in [2.45, 2.75) is 55.4 Å². The molecule has 0 saturated heterocycles. The standard InChI is InChI=1S/C16H44N9P3/c1-9-22(10-2)26(17)19-27(18,23(11-3)12-4)21-28(20-26,24(13-5)14-6)25(15-7)16-8/h9-18H2,1-8H3/t26-,27+. The summed E-state index contributed by atoms with van der Waals surface area (Å²) in [6.45, 7) is 23.9. The van der Waals surface area contributed by atoms with Crippen LogP contribution in [0.15, 0.2) is 13.5 Å². The first-order chi connectivity index (χ1) is 13.2. The van der Waals surface area contributed by atoms with E-state index in [1.54, 1.807) is 0 Å². The lowest BCUT2D eigenvalue weighted by molar-refractivity contribution is 0.413. The average molecular weight is 456 g/mol. The van der Waals surface area contributed by atoms with Gasteiger partial charge in [-0.05, 0) is 0 Å². The molecule has 0 aromatic heterocycles. The molecule has 0 bridgehead atoms. The first-order valence-corrected chi connectivity index (χ1v) is 15.7. The van der Waals surface area contributed by atoms with E-state index in [0.29, 0.717) is 0 Å². The van der Waals surface area contributed by atoms with E-state index in [2.05, 4.69) is 74.1 Å². The van der Waals surface area contributed by atoms with Crippen molar-refractivity contribution in [2.24, 2.45) is 24.6 Å². The van der Waals surface area contributed by atoms with Gasteiger partial charge in [-0.15, -0.1) is 0 Å². The van der Waals surface area contributed by atoms with Gasteiger partial charge in [-0.25, -0.2) is 18.7 Å². The van der Waals surface area contributed by atoms with Crippen LogP contribution in [0.2, 0.25) is 0 Å². The van der Waals surface area contributed by atoms with Crippen LogP contribution in [0, 0.1) is 0 Å². The van der Waals surface area contributed by atoms with E-state index in [1.165, 1.54) is 0 Å². The van der Waals surface area contributed by atoms with Gasteiger partial charge >= 0.3 is 0 Å². The largest absolute Gasteiger partial charge is 0.267 e. The Kier molecular flexibility index (Phi) is 10.6. The van der Waals surface area contributed by atoms with Crippen LogP contribution < -0.4 is 11.0 Å². The predicted molar refractivity (Wildman–Crippen MR) is 128 cm³/mol. The molecule has 9 nitrogen and oxygen atoms in total. The lowest BCUT2D eigenvalue weighted by atomic mass is 10.7. The molecule has 168 valence electrons. The average Bonchev–Trinajstić information content (AvgIpc) is 2.64. The zero-order chi connectivity index (χ0) is 21.6. The van der Waals surface area contributed by atoms with Gasteiger partial charge in [0.05, 0.1) is 0 Å². The van der Waals surface area contributed by atoms with Crippen LogP contribution in [0.3, 0.4) is 0 Å². The van der Waals surface area contributed by atoms with Gasteiger partial charge in [-0.3, -0.25) is 11.0 Å². The number of nitrogens with zero attached hydrogens (tertiary/aromatic N) is 7. The highest BCUT2D eigenvalue weighted by molar-refractivity contribution is 7.83. The van der Waals surface area contributed by atoms with Crippen molar-refractivity contribution in [3.63, 3.8) is 0 Å². The predicted octanol–water partition coefficient (Wildman–Crippen LogP) is 5.12. The van der Waals surface area contributed by atoms with Crippen molar-refractivity contribution >= 4 is 22.5 Å². The zero-order valence-corrected chi connectivity index (χ0v) is 22.0. The van der Waals surface area contributed by atoms with Crippen molar-refractivity contribution in [1.29, 1.82) is 0 Å². The Bertz CT molecular complexity index is 614. The van der Waals surface area contributed by atoms with Crippen molar-refractivity contribution < 1.29 is 0 Å². The summed E-state index contributed by atoms with van der Waals surface area (Å²) in [7, 11) is -7.66. The third kappa shape index (κ3) is 5.01. The first kappa shape index (κ1) is 26.5. The van der Waals surface area contributed by atoms with E-state index < -0.39 is 22.5 Å². The van der Waals surface area contributed by atoms with Gasteiger partial charge in [0.25, 0.3) is 0 Å². The zero-order valence-electron chi connectivity index (χ0n) is 19.3. The molecule has 0 fully saturated rings. The summed E-state index contributed by atoms with van der Waals surface area (Å²) in [5, 5.41) is 0. The van der Waals surface area contributed by atoms with E-state index in [4.69, 9.17) is 24.6 Å². The summed E-state index contributed by atoms with van der Waals surface area (Å²) in [6.07, 6.45) is 0. The number of hydrogen-bond acceptors (Lipinski definition) is 9. The minimum absolute atomic E-state index is 0.808. The van der Waals surface area contributed by atoms with Gasteiger partial charge in [0.15, 0.2) is 0 Å². The second-order valence-corrected chi connectivity index (χ2v) is 14.5. The third-order valence-electron chi connectivity index (χ3n) is 5.28. The van der Waals surface area contributed by atoms with E-state index in [9.17, 15) is 0 Å². The molecule has 0 radical (unpaired) electrons. The monoisotopic (exact) mass is 455 g/mol. The lowest BCUT2D eigenvalue weighted by Gasteiger charge is -2.46. The van der Waals surface area contributed by atoms with E-state index in [-0.39, 0.29) is 0 Å². The number of hydrogen-bond donors (Lipinski definition) is 2. The van der Waals surface area contributed by atoms with E-state index >= 15 is 0 Å². The Morgan fingerprint density at radius 2 is 0.750 bits per heavy atom. The van der Waals surface area contributed by atoms with E-state index in [0.717, 1.165) is 52.4 Å². The molecule has 0 aliphatic carbocycles. The Balaban J connectivity index is 4.07.